The van der Waals surface area contributed by atoms with Gasteiger partial charge in [0.25, 0.3) is 0 Å². The minimum absolute atomic E-state index is 0.238. The van der Waals surface area contributed by atoms with E-state index in [9.17, 15) is 5.11 Å². The lowest BCUT2D eigenvalue weighted by Gasteiger charge is -1.99. The van der Waals surface area contributed by atoms with E-state index in [1.54, 1.807) is 23.0 Å². The Morgan fingerprint density at radius 1 is 1.38 bits per heavy atom. The summed E-state index contributed by atoms with van der Waals surface area (Å²) in [4.78, 5) is 0. The lowest BCUT2D eigenvalue weighted by Crippen LogP contribution is -1.96. The first-order valence-electron chi connectivity index (χ1n) is 4.99. The van der Waals surface area contributed by atoms with Gasteiger partial charge < -0.3 is 5.11 Å². The van der Waals surface area contributed by atoms with Crippen molar-refractivity contribution in [3.63, 3.8) is 0 Å². The third-order valence-corrected chi connectivity index (χ3v) is 2.30. The van der Waals surface area contributed by atoms with Gasteiger partial charge in [0.1, 0.15) is 5.75 Å². The fourth-order valence-electron chi connectivity index (χ4n) is 1.51. The van der Waals surface area contributed by atoms with Crippen molar-refractivity contribution in [1.82, 2.24) is 9.78 Å². The van der Waals surface area contributed by atoms with Gasteiger partial charge in [0.15, 0.2) is 0 Å². The normalized spacial score (nSPS) is 9.94. The minimum atomic E-state index is 0.238. The summed E-state index contributed by atoms with van der Waals surface area (Å²) >= 11 is 0. The maximum absolute atomic E-state index is 9.66. The molecule has 1 aromatic carbocycles. The Morgan fingerprint density at radius 3 is 2.94 bits per heavy atom. The van der Waals surface area contributed by atoms with Crippen molar-refractivity contribution in [2.45, 2.75) is 13.0 Å². The lowest BCUT2D eigenvalue weighted by molar-refractivity contribution is 0.477. The van der Waals surface area contributed by atoms with Gasteiger partial charge in [0.05, 0.1) is 25.2 Å². The Balaban J connectivity index is 2.26. The molecule has 0 atom stereocenters. The number of aromatic nitrogens is 2. The van der Waals surface area contributed by atoms with Crippen LogP contribution in [0.25, 0.3) is 11.1 Å². The summed E-state index contributed by atoms with van der Waals surface area (Å²) in [5.74, 6) is 0.238. The van der Waals surface area contributed by atoms with E-state index < -0.39 is 0 Å². The Hall–Kier alpha value is -2.28. The average molecular weight is 213 g/mol. The fraction of sp³-hybridized carbons (Fsp3) is 0.167. The summed E-state index contributed by atoms with van der Waals surface area (Å²) in [6, 6.07) is 9.18. The Labute approximate surface area is 93.4 Å². The molecule has 1 aromatic heterocycles. The van der Waals surface area contributed by atoms with E-state index in [2.05, 4.69) is 11.2 Å². The molecule has 0 aliphatic carbocycles. The van der Waals surface area contributed by atoms with Gasteiger partial charge in [0.2, 0.25) is 0 Å². The standard InChI is InChI=1S/C12H11N3O/c13-6-3-7-15-9-10(8-14-15)11-4-1-2-5-12(11)16/h1-2,4-5,8-9,16H,3,7H2. The van der Waals surface area contributed by atoms with E-state index in [0.717, 1.165) is 11.1 Å². The molecule has 0 saturated heterocycles. The Bertz CT molecular complexity index is 525. The number of rotatable bonds is 3. The monoisotopic (exact) mass is 213 g/mol. The predicted molar refractivity (Wildman–Crippen MR) is 59.6 cm³/mol. The number of phenolic OH excluding ortho intramolecular Hbond substituents is 1. The molecule has 0 amide bonds. The molecule has 1 N–H and O–H groups in total. The number of phenols is 1. The van der Waals surface area contributed by atoms with E-state index >= 15 is 0 Å². The molecule has 80 valence electrons. The second kappa shape index (κ2) is 4.49. The van der Waals surface area contributed by atoms with Gasteiger partial charge in [-0.1, -0.05) is 18.2 Å². The van der Waals surface area contributed by atoms with Gasteiger partial charge in [-0.05, 0) is 6.07 Å². The molecule has 0 aliphatic heterocycles. The highest BCUT2D eigenvalue weighted by Gasteiger charge is 2.05. The van der Waals surface area contributed by atoms with Crippen LogP contribution in [0.3, 0.4) is 0 Å². The van der Waals surface area contributed by atoms with Gasteiger partial charge in [-0.15, -0.1) is 0 Å². The number of aromatic hydroxyl groups is 1. The smallest absolute Gasteiger partial charge is 0.123 e. The summed E-state index contributed by atoms with van der Waals surface area (Å²) < 4.78 is 1.70. The van der Waals surface area contributed by atoms with Crippen LogP contribution in [0.5, 0.6) is 5.75 Å². The van der Waals surface area contributed by atoms with Crippen LogP contribution in [0.2, 0.25) is 0 Å². The van der Waals surface area contributed by atoms with Crippen LogP contribution in [0.1, 0.15) is 6.42 Å². The number of benzene rings is 1. The molecule has 0 spiro atoms. The molecular formula is C12H11N3O. The van der Waals surface area contributed by atoms with E-state index in [0.29, 0.717) is 13.0 Å². The summed E-state index contributed by atoms with van der Waals surface area (Å²) in [6.45, 7) is 0.574. The van der Waals surface area contributed by atoms with Crippen molar-refractivity contribution >= 4 is 0 Å². The third-order valence-electron chi connectivity index (χ3n) is 2.30. The second-order valence-electron chi connectivity index (χ2n) is 3.42. The Kier molecular flexibility index (Phi) is 2.88. The SMILES string of the molecule is N#CCCn1cc(-c2ccccc2O)cn1. The molecule has 2 aromatic rings. The van der Waals surface area contributed by atoms with Gasteiger partial charge in [-0.25, -0.2) is 0 Å². The number of nitrogens with zero attached hydrogens (tertiary/aromatic N) is 3. The topological polar surface area (TPSA) is 61.8 Å². The molecule has 0 aliphatic rings. The maximum atomic E-state index is 9.66. The van der Waals surface area contributed by atoms with Crippen LogP contribution in [0, 0.1) is 11.3 Å². The number of para-hydroxylation sites is 1. The summed E-state index contributed by atoms with van der Waals surface area (Å²) in [7, 11) is 0. The summed E-state index contributed by atoms with van der Waals surface area (Å²) in [5.41, 5.74) is 1.61. The highest BCUT2D eigenvalue weighted by molar-refractivity contribution is 5.68. The molecule has 0 unspecified atom stereocenters. The van der Waals surface area contributed by atoms with E-state index in [1.165, 1.54) is 0 Å². The Morgan fingerprint density at radius 2 is 2.19 bits per heavy atom. The van der Waals surface area contributed by atoms with Gasteiger partial charge in [-0.2, -0.15) is 10.4 Å². The highest BCUT2D eigenvalue weighted by Crippen LogP contribution is 2.27. The molecule has 4 nitrogen and oxygen atoms in total. The van der Waals surface area contributed by atoms with Crippen molar-refractivity contribution in [2.24, 2.45) is 0 Å². The van der Waals surface area contributed by atoms with Crippen LogP contribution < -0.4 is 0 Å². The number of hydrogen-bond acceptors (Lipinski definition) is 3. The third kappa shape index (κ3) is 2.04. The molecule has 2 rings (SSSR count). The van der Waals surface area contributed by atoms with E-state index in [1.807, 2.05) is 18.3 Å². The number of hydrogen-bond donors (Lipinski definition) is 1. The van der Waals surface area contributed by atoms with E-state index in [4.69, 9.17) is 5.26 Å². The zero-order valence-electron chi connectivity index (χ0n) is 8.67. The van der Waals surface area contributed by atoms with Crippen molar-refractivity contribution in [3.8, 4) is 22.9 Å². The average Bonchev–Trinajstić information content (AvgIpc) is 2.75. The van der Waals surface area contributed by atoms with Crippen LogP contribution in [-0.4, -0.2) is 14.9 Å². The van der Waals surface area contributed by atoms with Crippen molar-refractivity contribution in [1.29, 1.82) is 5.26 Å². The van der Waals surface area contributed by atoms with Gasteiger partial charge >= 0.3 is 0 Å². The summed E-state index contributed by atoms with van der Waals surface area (Å²) in [5, 5.41) is 22.2. The molecule has 0 radical (unpaired) electrons. The molecular weight excluding hydrogens is 202 g/mol. The minimum Gasteiger partial charge on any atom is -0.507 e. The molecule has 1 heterocycles. The molecule has 0 fully saturated rings. The zero-order chi connectivity index (χ0) is 11.4. The van der Waals surface area contributed by atoms with Gasteiger partial charge in [0, 0.05) is 17.3 Å². The van der Waals surface area contributed by atoms with Crippen molar-refractivity contribution in [2.75, 3.05) is 0 Å². The van der Waals surface area contributed by atoms with Crippen molar-refractivity contribution in [3.05, 3.63) is 36.7 Å². The highest BCUT2D eigenvalue weighted by atomic mass is 16.3. The van der Waals surface area contributed by atoms with Gasteiger partial charge in [-0.3, -0.25) is 4.68 Å². The maximum Gasteiger partial charge on any atom is 0.123 e. The first-order valence-corrected chi connectivity index (χ1v) is 4.99. The van der Waals surface area contributed by atoms with Crippen molar-refractivity contribution < 1.29 is 5.11 Å². The second-order valence-corrected chi connectivity index (χ2v) is 3.42. The predicted octanol–water partition coefficient (Wildman–Crippen LogP) is 2.17. The number of aryl methyl sites for hydroxylation is 1. The first-order chi connectivity index (χ1) is 7.81. The first kappa shape index (κ1) is 10.2. The number of nitriles is 1. The fourth-order valence-corrected chi connectivity index (χ4v) is 1.51. The van der Waals surface area contributed by atoms with Crippen LogP contribution in [0.4, 0.5) is 0 Å². The summed E-state index contributed by atoms with van der Waals surface area (Å²) in [6.07, 6.45) is 3.95. The molecule has 0 saturated carbocycles. The van der Waals surface area contributed by atoms with Crippen LogP contribution in [0.15, 0.2) is 36.7 Å². The largest absolute Gasteiger partial charge is 0.507 e. The molecule has 16 heavy (non-hydrogen) atoms. The van der Waals surface area contributed by atoms with Crippen LogP contribution >= 0.6 is 0 Å². The molecule has 4 heteroatoms. The zero-order valence-corrected chi connectivity index (χ0v) is 8.67. The van der Waals surface area contributed by atoms with Crippen LogP contribution in [-0.2, 0) is 6.54 Å². The molecule has 0 bridgehead atoms. The lowest BCUT2D eigenvalue weighted by atomic mass is 10.1. The van der Waals surface area contributed by atoms with E-state index in [-0.39, 0.29) is 5.75 Å². The quantitative estimate of drug-likeness (QED) is 0.849.